The van der Waals surface area contributed by atoms with Crippen LogP contribution in [-0.2, 0) is 9.53 Å². The van der Waals surface area contributed by atoms with Crippen LogP contribution in [0.4, 0.5) is 0 Å². The van der Waals surface area contributed by atoms with E-state index < -0.39 is 0 Å². The van der Waals surface area contributed by atoms with Crippen LogP contribution in [0.2, 0.25) is 0 Å². The molecule has 0 spiro atoms. The maximum Gasteiger partial charge on any atom is 0.330 e. The predicted molar refractivity (Wildman–Crippen MR) is 47.7 cm³/mol. The third-order valence-electron chi connectivity index (χ3n) is 1.80. The molecule has 0 aromatic heterocycles. The Morgan fingerprint density at radius 2 is 2.58 bits per heavy atom. The van der Waals surface area contributed by atoms with Gasteiger partial charge < -0.3 is 4.74 Å². The van der Waals surface area contributed by atoms with E-state index in [1.54, 1.807) is 6.92 Å². The number of allylic oxidation sites excluding steroid dienone is 3. The topological polar surface area (TPSA) is 26.3 Å². The molecule has 0 bridgehead atoms. The first-order valence-corrected chi connectivity index (χ1v) is 4.37. The van der Waals surface area contributed by atoms with Crippen LogP contribution in [0.5, 0.6) is 0 Å². The summed E-state index contributed by atoms with van der Waals surface area (Å²) in [5.74, 6) is -0.245. The van der Waals surface area contributed by atoms with Gasteiger partial charge in [-0.1, -0.05) is 17.7 Å². The molecule has 0 amide bonds. The molecule has 0 unspecified atom stereocenters. The Morgan fingerprint density at radius 3 is 3.17 bits per heavy atom. The van der Waals surface area contributed by atoms with Crippen molar-refractivity contribution in [2.75, 3.05) is 6.61 Å². The maximum absolute atomic E-state index is 10.9. The monoisotopic (exact) mass is 166 g/mol. The molecule has 0 aliphatic heterocycles. The van der Waals surface area contributed by atoms with E-state index in [2.05, 4.69) is 6.08 Å². The second-order valence-electron chi connectivity index (χ2n) is 2.76. The van der Waals surface area contributed by atoms with Crippen LogP contribution in [0.1, 0.15) is 26.2 Å². The van der Waals surface area contributed by atoms with Gasteiger partial charge >= 0.3 is 5.97 Å². The van der Waals surface area contributed by atoms with Crippen molar-refractivity contribution in [1.82, 2.24) is 0 Å². The van der Waals surface area contributed by atoms with Crippen molar-refractivity contribution in [3.63, 3.8) is 0 Å². The largest absolute Gasteiger partial charge is 0.463 e. The fourth-order valence-electron chi connectivity index (χ4n) is 1.21. The molecule has 66 valence electrons. The highest BCUT2D eigenvalue weighted by atomic mass is 16.5. The number of carbonyl (C=O) groups excluding carboxylic acids is 1. The zero-order valence-corrected chi connectivity index (χ0v) is 7.38. The van der Waals surface area contributed by atoms with Crippen LogP contribution < -0.4 is 0 Å². The van der Waals surface area contributed by atoms with Crippen molar-refractivity contribution in [3.05, 3.63) is 23.8 Å². The highest BCUT2D eigenvalue weighted by Crippen LogP contribution is 2.18. The Balaban J connectivity index is 2.33. The van der Waals surface area contributed by atoms with Crippen LogP contribution in [0.15, 0.2) is 23.8 Å². The van der Waals surface area contributed by atoms with Crippen molar-refractivity contribution in [1.29, 1.82) is 0 Å². The van der Waals surface area contributed by atoms with E-state index in [0.29, 0.717) is 6.61 Å². The van der Waals surface area contributed by atoms with E-state index in [1.807, 2.05) is 6.08 Å². The van der Waals surface area contributed by atoms with Gasteiger partial charge in [-0.05, 0) is 26.2 Å². The minimum absolute atomic E-state index is 0.245. The van der Waals surface area contributed by atoms with Crippen molar-refractivity contribution in [2.24, 2.45) is 0 Å². The lowest BCUT2D eigenvalue weighted by atomic mass is 10.2. The highest BCUT2D eigenvalue weighted by Gasteiger charge is 2.01. The molecule has 0 heterocycles. The first-order chi connectivity index (χ1) is 5.83. The summed E-state index contributed by atoms with van der Waals surface area (Å²) in [7, 11) is 0. The predicted octanol–water partition coefficient (Wildman–Crippen LogP) is 2.22. The summed E-state index contributed by atoms with van der Waals surface area (Å²) < 4.78 is 4.75. The summed E-state index contributed by atoms with van der Waals surface area (Å²) in [5.41, 5.74) is 1.25. The Labute approximate surface area is 72.9 Å². The summed E-state index contributed by atoms with van der Waals surface area (Å²) in [6.45, 7) is 2.25. The molecule has 0 saturated heterocycles. The fourth-order valence-corrected chi connectivity index (χ4v) is 1.21. The molecule has 0 aromatic carbocycles. The normalized spacial score (nSPS) is 16.6. The van der Waals surface area contributed by atoms with Crippen LogP contribution in [0, 0.1) is 0 Å². The summed E-state index contributed by atoms with van der Waals surface area (Å²) in [5, 5.41) is 0. The van der Waals surface area contributed by atoms with E-state index in [-0.39, 0.29) is 5.97 Å². The van der Waals surface area contributed by atoms with E-state index in [4.69, 9.17) is 4.74 Å². The molecule has 1 aliphatic rings. The smallest absolute Gasteiger partial charge is 0.330 e. The molecular formula is C10H14O2. The molecule has 12 heavy (non-hydrogen) atoms. The van der Waals surface area contributed by atoms with Gasteiger partial charge in [-0.2, -0.15) is 0 Å². The highest BCUT2D eigenvalue weighted by molar-refractivity contribution is 5.82. The summed E-state index contributed by atoms with van der Waals surface area (Å²) in [6, 6.07) is 0. The van der Waals surface area contributed by atoms with E-state index >= 15 is 0 Å². The van der Waals surface area contributed by atoms with Gasteiger partial charge in [-0.3, -0.25) is 0 Å². The Kier molecular flexibility index (Phi) is 3.58. The van der Waals surface area contributed by atoms with Gasteiger partial charge in [-0.25, -0.2) is 4.79 Å². The average molecular weight is 166 g/mol. The van der Waals surface area contributed by atoms with E-state index in [9.17, 15) is 4.79 Å². The fraction of sp³-hybridized carbons (Fsp3) is 0.500. The van der Waals surface area contributed by atoms with Gasteiger partial charge in [0.25, 0.3) is 0 Å². The Hall–Kier alpha value is -1.05. The lowest BCUT2D eigenvalue weighted by Gasteiger charge is -1.94. The van der Waals surface area contributed by atoms with Gasteiger partial charge in [0.1, 0.15) is 0 Å². The van der Waals surface area contributed by atoms with Gasteiger partial charge in [0.2, 0.25) is 0 Å². The summed E-state index contributed by atoms with van der Waals surface area (Å²) >= 11 is 0. The summed E-state index contributed by atoms with van der Waals surface area (Å²) in [4.78, 5) is 10.9. The van der Waals surface area contributed by atoms with Gasteiger partial charge in [-0.15, -0.1) is 0 Å². The van der Waals surface area contributed by atoms with Gasteiger partial charge in [0, 0.05) is 6.08 Å². The van der Waals surface area contributed by atoms with Crippen LogP contribution in [-0.4, -0.2) is 12.6 Å². The minimum Gasteiger partial charge on any atom is -0.463 e. The molecule has 0 atom stereocenters. The van der Waals surface area contributed by atoms with E-state index in [0.717, 1.165) is 12.8 Å². The number of hydrogen-bond acceptors (Lipinski definition) is 2. The number of ether oxygens (including phenoxy) is 1. The van der Waals surface area contributed by atoms with Crippen LogP contribution >= 0.6 is 0 Å². The lowest BCUT2D eigenvalue weighted by molar-refractivity contribution is -0.137. The maximum atomic E-state index is 10.9. The second-order valence-corrected chi connectivity index (χ2v) is 2.76. The standard InChI is InChI=1S/C10H14O2/c1-2-12-10(11)8-7-9-5-3-4-6-9/h5,7-8H,2-4,6H2,1H3/b8-7+. The molecule has 2 nitrogen and oxygen atoms in total. The van der Waals surface area contributed by atoms with Crippen molar-refractivity contribution >= 4 is 5.97 Å². The molecule has 2 heteroatoms. The molecule has 0 radical (unpaired) electrons. The second kappa shape index (κ2) is 4.75. The van der Waals surface area contributed by atoms with Crippen LogP contribution in [0.3, 0.4) is 0 Å². The Morgan fingerprint density at radius 1 is 1.75 bits per heavy atom. The van der Waals surface area contributed by atoms with Crippen molar-refractivity contribution in [2.45, 2.75) is 26.2 Å². The summed E-state index contributed by atoms with van der Waals surface area (Å²) in [6.07, 6.45) is 8.96. The molecular weight excluding hydrogens is 152 g/mol. The van der Waals surface area contributed by atoms with Crippen LogP contribution in [0.25, 0.3) is 0 Å². The number of hydrogen-bond donors (Lipinski definition) is 0. The number of carbonyl (C=O) groups is 1. The average Bonchev–Trinajstić information content (AvgIpc) is 2.53. The van der Waals surface area contributed by atoms with Gasteiger partial charge in [0.05, 0.1) is 6.61 Å². The lowest BCUT2D eigenvalue weighted by Crippen LogP contribution is -1.98. The van der Waals surface area contributed by atoms with E-state index in [1.165, 1.54) is 18.1 Å². The quantitative estimate of drug-likeness (QED) is 0.474. The number of esters is 1. The first kappa shape index (κ1) is 9.04. The zero-order chi connectivity index (χ0) is 8.81. The van der Waals surface area contributed by atoms with Crippen molar-refractivity contribution in [3.8, 4) is 0 Å². The third kappa shape index (κ3) is 2.91. The first-order valence-electron chi connectivity index (χ1n) is 4.37. The SMILES string of the molecule is CCOC(=O)/C=C/C1=CCCC1. The third-order valence-corrected chi connectivity index (χ3v) is 1.80. The van der Waals surface area contributed by atoms with Gasteiger partial charge in [0.15, 0.2) is 0 Å². The molecule has 0 aromatic rings. The molecule has 1 aliphatic carbocycles. The molecule has 0 fully saturated rings. The molecule has 0 N–H and O–H groups in total. The molecule has 0 saturated carbocycles. The zero-order valence-electron chi connectivity index (χ0n) is 7.38. The Bertz CT molecular complexity index is 214. The molecule has 1 rings (SSSR count). The number of rotatable bonds is 3. The minimum atomic E-state index is -0.245. The van der Waals surface area contributed by atoms with Crippen molar-refractivity contribution < 1.29 is 9.53 Å².